The molecule has 0 saturated heterocycles. The summed E-state index contributed by atoms with van der Waals surface area (Å²) in [6, 6.07) is 21.4. The molecule has 0 spiro atoms. The molecule has 3 rings (SSSR count). The Bertz CT molecular complexity index is 702. The predicted octanol–water partition coefficient (Wildman–Crippen LogP) is 5.02. The van der Waals surface area contributed by atoms with Gasteiger partial charge in [-0.25, -0.2) is 0 Å². The zero-order valence-corrected chi connectivity index (χ0v) is 11.5. The third-order valence-electron chi connectivity index (χ3n) is 2.87. The van der Waals surface area contributed by atoms with Crippen molar-refractivity contribution in [3.05, 3.63) is 71.6 Å². The first-order chi connectivity index (χ1) is 9.86. The van der Waals surface area contributed by atoms with Crippen molar-refractivity contribution in [2.24, 2.45) is 0 Å². The lowest BCUT2D eigenvalue weighted by Gasteiger charge is -2.06. The minimum absolute atomic E-state index is 0.662. The van der Waals surface area contributed by atoms with E-state index >= 15 is 0 Å². The summed E-state index contributed by atoms with van der Waals surface area (Å²) in [7, 11) is 0. The number of benzene rings is 2. The summed E-state index contributed by atoms with van der Waals surface area (Å²) in [4.78, 5) is 11.7. The van der Waals surface area contributed by atoms with Crippen molar-refractivity contribution < 1.29 is 9.53 Å². The van der Waals surface area contributed by atoms with Crippen molar-refractivity contribution >= 4 is 17.6 Å². The van der Waals surface area contributed by atoms with Crippen LogP contribution in [0.2, 0.25) is 0 Å². The van der Waals surface area contributed by atoms with Crippen LogP contribution >= 0.6 is 11.3 Å². The van der Waals surface area contributed by atoms with E-state index in [0.717, 1.165) is 28.2 Å². The fourth-order valence-electron chi connectivity index (χ4n) is 1.94. The van der Waals surface area contributed by atoms with E-state index in [4.69, 9.17) is 4.74 Å². The lowest BCUT2D eigenvalue weighted by atomic mass is 10.1. The Hall–Kier alpha value is -2.39. The van der Waals surface area contributed by atoms with Crippen LogP contribution in [0.3, 0.4) is 0 Å². The van der Waals surface area contributed by atoms with Crippen LogP contribution in [0.4, 0.5) is 0 Å². The van der Waals surface area contributed by atoms with E-state index in [-0.39, 0.29) is 0 Å². The third kappa shape index (κ3) is 2.63. The van der Waals surface area contributed by atoms with Gasteiger partial charge in [0.25, 0.3) is 0 Å². The predicted molar refractivity (Wildman–Crippen MR) is 81.7 cm³/mol. The standard InChI is InChI=1S/C17H12O2S/c18-12-15-11-16(13-7-3-1-4-8-13)17(20-15)19-14-9-5-2-6-10-14/h1-12H. The highest BCUT2D eigenvalue weighted by molar-refractivity contribution is 7.16. The molecule has 3 heteroatoms. The van der Waals surface area contributed by atoms with Gasteiger partial charge in [-0.2, -0.15) is 0 Å². The van der Waals surface area contributed by atoms with Gasteiger partial charge >= 0.3 is 0 Å². The monoisotopic (exact) mass is 280 g/mol. The van der Waals surface area contributed by atoms with Crippen LogP contribution in [0.1, 0.15) is 9.67 Å². The van der Waals surface area contributed by atoms with E-state index in [1.54, 1.807) is 0 Å². The zero-order valence-electron chi connectivity index (χ0n) is 10.7. The fourth-order valence-corrected chi connectivity index (χ4v) is 2.80. The maximum atomic E-state index is 11.0. The van der Waals surface area contributed by atoms with Crippen molar-refractivity contribution in [3.8, 4) is 21.9 Å². The van der Waals surface area contributed by atoms with E-state index in [1.165, 1.54) is 11.3 Å². The second kappa shape index (κ2) is 5.72. The van der Waals surface area contributed by atoms with Crippen molar-refractivity contribution in [1.82, 2.24) is 0 Å². The number of ether oxygens (including phenoxy) is 1. The van der Waals surface area contributed by atoms with Gasteiger partial charge in [0.05, 0.1) is 4.88 Å². The summed E-state index contributed by atoms with van der Waals surface area (Å²) < 4.78 is 5.91. The average molecular weight is 280 g/mol. The summed E-state index contributed by atoms with van der Waals surface area (Å²) in [5.41, 5.74) is 1.99. The fraction of sp³-hybridized carbons (Fsp3) is 0. The summed E-state index contributed by atoms with van der Waals surface area (Å²) >= 11 is 1.36. The maximum absolute atomic E-state index is 11.0. The third-order valence-corrected chi connectivity index (χ3v) is 3.81. The summed E-state index contributed by atoms with van der Waals surface area (Å²) in [6.45, 7) is 0. The first kappa shape index (κ1) is 12.6. The molecule has 0 aliphatic rings. The number of aldehydes is 1. The molecule has 0 aliphatic heterocycles. The molecule has 0 amide bonds. The van der Waals surface area contributed by atoms with E-state index in [1.807, 2.05) is 66.7 Å². The van der Waals surface area contributed by atoms with Gasteiger partial charge in [0, 0.05) is 5.56 Å². The summed E-state index contributed by atoms with van der Waals surface area (Å²) in [5, 5.41) is 0.740. The van der Waals surface area contributed by atoms with Gasteiger partial charge in [-0.05, 0) is 23.8 Å². The quantitative estimate of drug-likeness (QED) is 0.627. The number of rotatable bonds is 4. The average Bonchev–Trinajstić information content (AvgIpc) is 2.92. The SMILES string of the molecule is O=Cc1cc(-c2ccccc2)c(Oc2ccccc2)s1. The smallest absolute Gasteiger partial charge is 0.189 e. The molecule has 1 heterocycles. The number of para-hydroxylation sites is 1. The van der Waals surface area contributed by atoms with E-state index < -0.39 is 0 Å². The topological polar surface area (TPSA) is 26.3 Å². The molecule has 0 aliphatic carbocycles. The molecular weight excluding hydrogens is 268 g/mol. The highest BCUT2D eigenvalue weighted by Gasteiger charge is 2.12. The Kier molecular flexibility index (Phi) is 3.61. The molecule has 0 unspecified atom stereocenters. The minimum Gasteiger partial charge on any atom is -0.446 e. The molecule has 2 nitrogen and oxygen atoms in total. The van der Waals surface area contributed by atoms with E-state index in [2.05, 4.69) is 0 Å². The van der Waals surface area contributed by atoms with Crippen molar-refractivity contribution in [3.63, 3.8) is 0 Å². The van der Waals surface area contributed by atoms with Crippen molar-refractivity contribution in [2.75, 3.05) is 0 Å². The van der Waals surface area contributed by atoms with Crippen molar-refractivity contribution in [2.45, 2.75) is 0 Å². The Morgan fingerprint density at radius 1 is 0.900 bits per heavy atom. The van der Waals surface area contributed by atoms with Crippen LogP contribution < -0.4 is 4.74 Å². The molecule has 0 radical (unpaired) electrons. The molecule has 0 atom stereocenters. The van der Waals surface area contributed by atoms with E-state index in [9.17, 15) is 4.79 Å². The van der Waals surface area contributed by atoms with E-state index in [0.29, 0.717) is 4.88 Å². The van der Waals surface area contributed by atoms with Crippen LogP contribution in [0.25, 0.3) is 11.1 Å². The van der Waals surface area contributed by atoms with Gasteiger partial charge in [0.1, 0.15) is 5.75 Å². The molecular formula is C17H12O2S. The molecule has 20 heavy (non-hydrogen) atoms. The van der Waals surface area contributed by atoms with Crippen LogP contribution in [0.15, 0.2) is 66.7 Å². The summed E-state index contributed by atoms with van der Waals surface area (Å²) in [6.07, 6.45) is 0.856. The van der Waals surface area contributed by atoms with Gasteiger partial charge in [-0.3, -0.25) is 4.79 Å². The highest BCUT2D eigenvalue weighted by Crippen LogP contribution is 2.40. The molecule has 2 aromatic carbocycles. The minimum atomic E-state index is 0.662. The number of carbonyl (C=O) groups is 1. The molecule has 0 fully saturated rings. The Balaban J connectivity index is 2.02. The molecule has 98 valence electrons. The van der Waals surface area contributed by atoms with Crippen LogP contribution in [0.5, 0.6) is 10.8 Å². The summed E-state index contributed by atoms with van der Waals surface area (Å²) in [5.74, 6) is 0.768. The second-order valence-electron chi connectivity index (χ2n) is 4.25. The molecule has 0 bridgehead atoms. The first-order valence-corrected chi connectivity index (χ1v) is 7.06. The number of thiophene rings is 1. The zero-order chi connectivity index (χ0) is 13.8. The van der Waals surface area contributed by atoms with Gasteiger partial charge in [-0.15, -0.1) is 0 Å². The Labute approximate surface area is 121 Å². The largest absolute Gasteiger partial charge is 0.446 e. The number of hydrogen-bond acceptors (Lipinski definition) is 3. The van der Waals surface area contributed by atoms with Gasteiger partial charge < -0.3 is 4.74 Å². The normalized spacial score (nSPS) is 10.2. The Morgan fingerprint density at radius 2 is 1.55 bits per heavy atom. The molecule has 0 saturated carbocycles. The Morgan fingerprint density at radius 3 is 2.20 bits per heavy atom. The molecule has 0 N–H and O–H groups in total. The lowest BCUT2D eigenvalue weighted by molar-refractivity contribution is 0.112. The van der Waals surface area contributed by atoms with Gasteiger partial charge in [0.15, 0.2) is 11.3 Å². The van der Waals surface area contributed by atoms with Gasteiger partial charge in [0.2, 0.25) is 0 Å². The second-order valence-corrected chi connectivity index (χ2v) is 5.30. The first-order valence-electron chi connectivity index (χ1n) is 6.24. The highest BCUT2D eigenvalue weighted by atomic mass is 32.1. The molecule has 3 aromatic rings. The number of carbonyl (C=O) groups excluding carboxylic acids is 1. The van der Waals surface area contributed by atoms with Crippen LogP contribution in [0, 0.1) is 0 Å². The number of hydrogen-bond donors (Lipinski definition) is 0. The molecule has 1 aromatic heterocycles. The van der Waals surface area contributed by atoms with Crippen LogP contribution in [-0.2, 0) is 0 Å². The van der Waals surface area contributed by atoms with Crippen LogP contribution in [-0.4, -0.2) is 6.29 Å². The van der Waals surface area contributed by atoms with Gasteiger partial charge in [-0.1, -0.05) is 59.9 Å². The lowest BCUT2D eigenvalue weighted by Crippen LogP contribution is -1.83. The maximum Gasteiger partial charge on any atom is 0.189 e. The van der Waals surface area contributed by atoms with Crippen molar-refractivity contribution in [1.29, 1.82) is 0 Å².